The molecule has 20 heavy (non-hydrogen) atoms. The fourth-order valence-electron chi connectivity index (χ4n) is 1.73. The molecule has 0 spiro atoms. The van der Waals surface area contributed by atoms with E-state index < -0.39 is 16.4 Å². The maximum Gasteiger partial charge on any atom is 0.269 e. The van der Waals surface area contributed by atoms with Gasteiger partial charge in [-0.15, -0.1) is 0 Å². The van der Waals surface area contributed by atoms with Gasteiger partial charge in [-0.05, 0) is 25.6 Å². The van der Waals surface area contributed by atoms with Gasteiger partial charge in [-0.1, -0.05) is 6.92 Å². The summed E-state index contributed by atoms with van der Waals surface area (Å²) in [4.78, 5) is 21.4. The van der Waals surface area contributed by atoms with Crippen LogP contribution in [-0.2, 0) is 4.79 Å². The molecule has 0 radical (unpaired) electrons. The van der Waals surface area contributed by atoms with Crippen LogP contribution in [0, 0.1) is 10.1 Å². The van der Waals surface area contributed by atoms with Crippen molar-refractivity contribution in [2.75, 3.05) is 13.2 Å². The number of non-ortho nitro benzene ring substituents is 1. The summed E-state index contributed by atoms with van der Waals surface area (Å²) in [6.45, 7) is 4.51. The monoisotopic (exact) mass is 281 g/mol. The SMILES string of the molecule is CCNC(C)(CCOc1ccc([N+](=O)[O-])cc1)C(N)=O. The summed E-state index contributed by atoms with van der Waals surface area (Å²) in [5.41, 5.74) is 4.54. The lowest BCUT2D eigenvalue weighted by Gasteiger charge is -2.26. The Morgan fingerprint density at radius 2 is 2.05 bits per heavy atom. The van der Waals surface area contributed by atoms with Crippen LogP contribution in [0.2, 0.25) is 0 Å². The van der Waals surface area contributed by atoms with Gasteiger partial charge in [0.05, 0.1) is 17.1 Å². The van der Waals surface area contributed by atoms with Crippen molar-refractivity contribution in [2.24, 2.45) is 5.73 Å². The van der Waals surface area contributed by atoms with Gasteiger partial charge in [0, 0.05) is 18.6 Å². The molecule has 1 amide bonds. The lowest BCUT2D eigenvalue weighted by atomic mass is 9.97. The summed E-state index contributed by atoms with van der Waals surface area (Å²) in [5.74, 6) is 0.0746. The molecule has 3 N–H and O–H groups in total. The number of hydrogen-bond donors (Lipinski definition) is 2. The van der Waals surface area contributed by atoms with Gasteiger partial charge in [-0.2, -0.15) is 0 Å². The topological polar surface area (TPSA) is 107 Å². The van der Waals surface area contributed by atoms with Gasteiger partial charge in [-0.25, -0.2) is 0 Å². The number of likely N-dealkylation sites (N-methyl/N-ethyl adjacent to an activating group) is 1. The number of carbonyl (C=O) groups is 1. The molecule has 7 nitrogen and oxygen atoms in total. The molecule has 110 valence electrons. The minimum atomic E-state index is -0.824. The minimum absolute atomic E-state index is 0.00646. The van der Waals surface area contributed by atoms with Crippen LogP contribution in [0.3, 0.4) is 0 Å². The van der Waals surface area contributed by atoms with E-state index in [1.54, 1.807) is 6.92 Å². The third kappa shape index (κ3) is 4.20. The average Bonchev–Trinajstić information content (AvgIpc) is 2.39. The van der Waals surface area contributed by atoms with Crippen LogP contribution in [-0.4, -0.2) is 29.5 Å². The van der Waals surface area contributed by atoms with Crippen LogP contribution in [0.5, 0.6) is 5.75 Å². The smallest absolute Gasteiger partial charge is 0.269 e. The van der Waals surface area contributed by atoms with E-state index in [-0.39, 0.29) is 12.3 Å². The average molecular weight is 281 g/mol. The molecule has 0 saturated heterocycles. The first-order chi connectivity index (χ1) is 9.39. The Labute approximate surface area is 117 Å². The van der Waals surface area contributed by atoms with Crippen molar-refractivity contribution in [3.05, 3.63) is 34.4 Å². The van der Waals surface area contributed by atoms with E-state index in [0.717, 1.165) is 0 Å². The number of rotatable bonds is 8. The summed E-state index contributed by atoms with van der Waals surface area (Å²) < 4.78 is 5.46. The van der Waals surface area contributed by atoms with E-state index in [9.17, 15) is 14.9 Å². The number of ether oxygens (including phenoxy) is 1. The minimum Gasteiger partial charge on any atom is -0.494 e. The van der Waals surface area contributed by atoms with Crippen LogP contribution in [0.1, 0.15) is 20.3 Å². The Bertz CT molecular complexity index is 475. The first-order valence-electron chi connectivity index (χ1n) is 6.31. The molecule has 1 aromatic rings. The maximum absolute atomic E-state index is 11.4. The van der Waals surface area contributed by atoms with Gasteiger partial charge in [0.2, 0.25) is 5.91 Å². The second-order valence-electron chi connectivity index (χ2n) is 4.58. The van der Waals surface area contributed by atoms with Gasteiger partial charge >= 0.3 is 0 Å². The van der Waals surface area contributed by atoms with Crippen molar-refractivity contribution in [2.45, 2.75) is 25.8 Å². The van der Waals surface area contributed by atoms with Crippen molar-refractivity contribution in [1.29, 1.82) is 0 Å². The number of primary amides is 1. The van der Waals surface area contributed by atoms with Gasteiger partial charge < -0.3 is 15.8 Å². The van der Waals surface area contributed by atoms with Gasteiger partial charge in [0.25, 0.3) is 5.69 Å². The highest BCUT2D eigenvalue weighted by molar-refractivity contribution is 5.84. The highest BCUT2D eigenvalue weighted by atomic mass is 16.6. The second-order valence-corrected chi connectivity index (χ2v) is 4.58. The van der Waals surface area contributed by atoms with E-state index in [0.29, 0.717) is 18.7 Å². The predicted octanol–water partition coefficient (Wildman–Crippen LogP) is 1.22. The Balaban J connectivity index is 2.54. The largest absolute Gasteiger partial charge is 0.494 e. The van der Waals surface area contributed by atoms with Gasteiger partial charge in [0.1, 0.15) is 5.75 Å². The highest BCUT2D eigenvalue weighted by Gasteiger charge is 2.29. The van der Waals surface area contributed by atoms with Crippen molar-refractivity contribution in [3.63, 3.8) is 0 Å². The maximum atomic E-state index is 11.4. The lowest BCUT2D eigenvalue weighted by Crippen LogP contribution is -2.53. The predicted molar refractivity (Wildman–Crippen MR) is 74.5 cm³/mol. The number of carbonyl (C=O) groups excluding carboxylic acids is 1. The number of amides is 1. The summed E-state index contributed by atoms with van der Waals surface area (Å²) >= 11 is 0. The zero-order valence-electron chi connectivity index (χ0n) is 11.6. The molecule has 0 aliphatic carbocycles. The summed E-state index contributed by atoms with van der Waals surface area (Å²) in [7, 11) is 0. The normalized spacial score (nSPS) is 13.5. The number of nitrogens with one attached hydrogen (secondary N) is 1. The molecule has 1 aromatic carbocycles. The standard InChI is InChI=1S/C13H19N3O4/c1-3-15-13(2,12(14)17)8-9-20-11-6-4-10(5-7-11)16(18)19/h4-7,15H,3,8-9H2,1-2H3,(H2,14,17). The molecule has 7 heteroatoms. The third-order valence-electron chi connectivity index (χ3n) is 3.03. The molecular weight excluding hydrogens is 262 g/mol. The molecule has 0 aliphatic heterocycles. The van der Waals surface area contributed by atoms with Crippen molar-refractivity contribution in [3.8, 4) is 5.75 Å². The first kappa shape index (κ1) is 15.9. The number of benzene rings is 1. The van der Waals surface area contributed by atoms with Crippen LogP contribution >= 0.6 is 0 Å². The third-order valence-corrected chi connectivity index (χ3v) is 3.03. The first-order valence-corrected chi connectivity index (χ1v) is 6.31. The Morgan fingerprint density at radius 1 is 1.45 bits per heavy atom. The van der Waals surface area contributed by atoms with E-state index in [4.69, 9.17) is 10.5 Å². The second kappa shape index (κ2) is 6.85. The van der Waals surface area contributed by atoms with E-state index in [2.05, 4.69) is 5.32 Å². The quantitative estimate of drug-likeness (QED) is 0.550. The van der Waals surface area contributed by atoms with Gasteiger partial charge in [0.15, 0.2) is 0 Å². The zero-order chi connectivity index (χ0) is 15.2. The molecular formula is C13H19N3O4. The fourth-order valence-corrected chi connectivity index (χ4v) is 1.73. The Morgan fingerprint density at radius 3 is 2.50 bits per heavy atom. The molecule has 0 saturated carbocycles. The number of nitrogens with two attached hydrogens (primary N) is 1. The van der Waals surface area contributed by atoms with E-state index in [1.165, 1.54) is 24.3 Å². The molecule has 1 rings (SSSR count). The van der Waals surface area contributed by atoms with Crippen molar-refractivity contribution >= 4 is 11.6 Å². The zero-order valence-corrected chi connectivity index (χ0v) is 11.6. The number of hydrogen-bond acceptors (Lipinski definition) is 5. The molecule has 0 aliphatic rings. The summed E-state index contributed by atoms with van der Waals surface area (Å²) in [6.07, 6.45) is 0.410. The highest BCUT2D eigenvalue weighted by Crippen LogP contribution is 2.18. The summed E-state index contributed by atoms with van der Waals surface area (Å²) in [5, 5.41) is 13.5. The molecule has 0 heterocycles. The molecule has 1 unspecified atom stereocenters. The van der Waals surface area contributed by atoms with E-state index >= 15 is 0 Å². The van der Waals surface area contributed by atoms with Crippen LogP contribution in [0.25, 0.3) is 0 Å². The van der Waals surface area contributed by atoms with Crippen molar-refractivity contribution < 1.29 is 14.5 Å². The number of nitrogens with zero attached hydrogens (tertiary/aromatic N) is 1. The summed E-state index contributed by atoms with van der Waals surface area (Å²) in [6, 6.07) is 5.78. The fraction of sp³-hybridized carbons (Fsp3) is 0.462. The lowest BCUT2D eigenvalue weighted by molar-refractivity contribution is -0.384. The molecule has 1 atom stereocenters. The van der Waals surface area contributed by atoms with Crippen molar-refractivity contribution in [1.82, 2.24) is 5.32 Å². The number of nitro groups is 1. The van der Waals surface area contributed by atoms with E-state index in [1.807, 2.05) is 6.92 Å². The Kier molecular flexibility index (Phi) is 5.45. The molecule has 0 fully saturated rings. The van der Waals surface area contributed by atoms with Crippen LogP contribution < -0.4 is 15.8 Å². The number of nitro benzene ring substituents is 1. The van der Waals surface area contributed by atoms with Crippen LogP contribution in [0.15, 0.2) is 24.3 Å². The molecule has 0 bridgehead atoms. The van der Waals surface area contributed by atoms with Gasteiger partial charge in [-0.3, -0.25) is 14.9 Å². The molecule has 0 aromatic heterocycles. The Hall–Kier alpha value is -2.15. The van der Waals surface area contributed by atoms with Crippen LogP contribution in [0.4, 0.5) is 5.69 Å².